The van der Waals surface area contributed by atoms with Crippen LogP contribution < -0.4 is 5.32 Å². The molecule has 3 aromatic rings. The molecule has 5 nitrogen and oxygen atoms in total. The second-order valence-corrected chi connectivity index (χ2v) is 7.33. The maximum atomic E-state index is 9.62. The van der Waals surface area contributed by atoms with Gasteiger partial charge in [-0.25, -0.2) is 0 Å². The van der Waals surface area contributed by atoms with Crippen LogP contribution in [0.2, 0.25) is 0 Å². The fraction of sp³-hybridized carbons (Fsp3) is 0.238. The van der Waals surface area contributed by atoms with Crippen molar-refractivity contribution in [2.24, 2.45) is 0 Å². The average molecular weight is 379 g/mol. The summed E-state index contributed by atoms with van der Waals surface area (Å²) in [5.74, 6) is 0.256. The van der Waals surface area contributed by atoms with Gasteiger partial charge in [-0.15, -0.1) is 0 Å². The highest BCUT2D eigenvalue weighted by Crippen LogP contribution is 2.40. The van der Waals surface area contributed by atoms with Gasteiger partial charge in [0.1, 0.15) is 5.75 Å². The number of rotatable bonds is 4. The fourth-order valence-electron chi connectivity index (χ4n) is 3.72. The van der Waals surface area contributed by atoms with Gasteiger partial charge >= 0.3 is 0 Å². The van der Waals surface area contributed by atoms with E-state index in [1.807, 2.05) is 48.8 Å². The molecule has 0 amide bonds. The zero-order valence-electron chi connectivity index (χ0n) is 15.3. The largest absolute Gasteiger partial charge is 0.508 e. The van der Waals surface area contributed by atoms with Crippen LogP contribution in [0.5, 0.6) is 5.75 Å². The molecule has 2 aromatic heterocycles. The van der Waals surface area contributed by atoms with Gasteiger partial charge in [0.2, 0.25) is 0 Å². The summed E-state index contributed by atoms with van der Waals surface area (Å²) in [5.41, 5.74) is 3.08. The number of nitrogens with zero attached hydrogens (tertiary/aromatic N) is 3. The molecule has 3 heterocycles. The second-order valence-electron chi connectivity index (χ2n) is 6.95. The summed E-state index contributed by atoms with van der Waals surface area (Å²) >= 11 is 5.67. The topological polar surface area (TPSA) is 53.3 Å². The van der Waals surface area contributed by atoms with Crippen LogP contribution in [0, 0.1) is 0 Å². The van der Waals surface area contributed by atoms with Crippen molar-refractivity contribution in [3.63, 3.8) is 0 Å². The highest BCUT2D eigenvalue weighted by molar-refractivity contribution is 7.80. The van der Waals surface area contributed by atoms with E-state index < -0.39 is 0 Å². The van der Waals surface area contributed by atoms with Gasteiger partial charge in [0, 0.05) is 29.8 Å². The van der Waals surface area contributed by atoms with Gasteiger partial charge in [-0.2, -0.15) is 0 Å². The summed E-state index contributed by atoms with van der Waals surface area (Å²) in [6.45, 7) is 4.30. The minimum absolute atomic E-state index is 0.0104. The highest BCUT2D eigenvalue weighted by atomic mass is 32.1. The third kappa shape index (κ3) is 3.17. The molecule has 0 bridgehead atoms. The lowest BCUT2D eigenvalue weighted by Gasteiger charge is -2.31. The maximum Gasteiger partial charge on any atom is 0.170 e. The van der Waals surface area contributed by atoms with Gasteiger partial charge in [-0.1, -0.05) is 6.07 Å². The summed E-state index contributed by atoms with van der Waals surface area (Å²) in [5, 5.41) is 13.8. The van der Waals surface area contributed by atoms with Crippen LogP contribution in [-0.2, 0) is 0 Å². The van der Waals surface area contributed by atoms with Crippen molar-refractivity contribution in [2.45, 2.75) is 32.0 Å². The standard InChI is InChI=1S/C21H22N4OS/c1-14(2)25-20(19(23-21(25)27)17-6-3-4-12-22-17)18-7-5-13-24(18)15-8-10-16(26)11-9-15/h3-14,19-20,26H,1-2H3,(H,23,27)/t19-,20-/m1/s1. The third-order valence-electron chi connectivity index (χ3n) is 4.90. The van der Waals surface area contributed by atoms with Crippen LogP contribution in [0.1, 0.15) is 37.3 Å². The number of thiocarbonyl (C=S) groups is 1. The molecule has 0 aliphatic carbocycles. The van der Waals surface area contributed by atoms with E-state index in [2.05, 4.69) is 39.7 Å². The molecule has 1 aliphatic heterocycles. The van der Waals surface area contributed by atoms with Crippen molar-refractivity contribution < 1.29 is 5.11 Å². The molecular formula is C21H22N4OS. The first-order chi connectivity index (χ1) is 13.1. The van der Waals surface area contributed by atoms with Gasteiger partial charge in [-0.3, -0.25) is 4.98 Å². The van der Waals surface area contributed by atoms with Gasteiger partial charge in [0.05, 0.1) is 17.8 Å². The SMILES string of the molecule is CC(C)N1C(=S)N[C@H](c2ccccn2)[C@H]1c1cccn1-c1ccc(O)cc1. The molecule has 0 saturated carbocycles. The fourth-order valence-corrected chi connectivity index (χ4v) is 4.17. The zero-order chi connectivity index (χ0) is 19.0. The molecule has 1 fully saturated rings. The minimum Gasteiger partial charge on any atom is -0.508 e. The smallest absolute Gasteiger partial charge is 0.170 e. The number of phenols is 1. The van der Waals surface area contributed by atoms with Crippen LogP contribution in [0.4, 0.5) is 0 Å². The number of pyridine rings is 1. The Labute approximate surface area is 164 Å². The van der Waals surface area contributed by atoms with E-state index in [9.17, 15) is 5.11 Å². The van der Waals surface area contributed by atoms with E-state index in [4.69, 9.17) is 12.2 Å². The second kappa shape index (κ2) is 7.04. The Morgan fingerprint density at radius 3 is 2.52 bits per heavy atom. The van der Waals surface area contributed by atoms with Crippen LogP contribution >= 0.6 is 12.2 Å². The molecule has 138 valence electrons. The first-order valence-corrected chi connectivity index (χ1v) is 9.43. The van der Waals surface area contributed by atoms with E-state index in [-0.39, 0.29) is 23.9 Å². The number of phenolic OH excluding ortho intramolecular Hbond substituents is 1. The molecule has 2 N–H and O–H groups in total. The van der Waals surface area contributed by atoms with Crippen LogP contribution in [0.15, 0.2) is 67.0 Å². The molecule has 6 heteroatoms. The summed E-state index contributed by atoms with van der Waals surface area (Å²) in [6.07, 6.45) is 3.85. The van der Waals surface area contributed by atoms with Crippen molar-refractivity contribution in [1.82, 2.24) is 19.8 Å². The van der Waals surface area contributed by atoms with E-state index in [1.54, 1.807) is 12.1 Å². The predicted octanol–water partition coefficient (Wildman–Crippen LogP) is 3.96. The van der Waals surface area contributed by atoms with Crippen molar-refractivity contribution in [1.29, 1.82) is 0 Å². The molecule has 1 aliphatic rings. The third-order valence-corrected chi connectivity index (χ3v) is 5.23. The quantitative estimate of drug-likeness (QED) is 0.673. The van der Waals surface area contributed by atoms with Crippen molar-refractivity contribution in [3.05, 3.63) is 78.4 Å². The monoisotopic (exact) mass is 378 g/mol. The first-order valence-electron chi connectivity index (χ1n) is 9.02. The molecule has 0 unspecified atom stereocenters. The summed E-state index contributed by atoms with van der Waals surface area (Å²) in [6, 6.07) is 17.6. The predicted molar refractivity (Wildman–Crippen MR) is 110 cm³/mol. The molecule has 0 spiro atoms. The number of aromatic hydroxyl groups is 1. The Bertz CT molecular complexity index is 936. The molecule has 27 heavy (non-hydrogen) atoms. The number of aromatic nitrogens is 2. The Kier molecular flexibility index (Phi) is 4.58. The molecule has 1 saturated heterocycles. The molecule has 2 atom stereocenters. The number of nitrogens with one attached hydrogen (secondary N) is 1. The molecule has 0 radical (unpaired) electrons. The van der Waals surface area contributed by atoms with Gasteiger partial charge in [-0.05, 0) is 74.6 Å². The molecular weight excluding hydrogens is 356 g/mol. The van der Waals surface area contributed by atoms with Gasteiger partial charge in [0.15, 0.2) is 5.11 Å². The van der Waals surface area contributed by atoms with Crippen molar-refractivity contribution in [3.8, 4) is 11.4 Å². The van der Waals surface area contributed by atoms with Crippen molar-refractivity contribution in [2.75, 3.05) is 0 Å². The number of hydrogen-bond acceptors (Lipinski definition) is 3. The lowest BCUT2D eigenvalue weighted by molar-refractivity contribution is 0.262. The summed E-state index contributed by atoms with van der Waals surface area (Å²) < 4.78 is 2.14. The number of hydrogen-bond donors (Lipinski definition) is 2. The van der Waals surface area contributed by atoms with Gasteiger partial charge in [0.25, 0.3) is 0 Å². The van der Waals surface area contributed by atoms with E-state index in [0.717, 1.165) is 22.2 Å². The van der Waals surface area contributed by atoms with E-state index in [0.29, 0.717) is 0 Å². The highest BCUT2D eigenvalue weighted by Gasteiger charge is 2.42. The Morgan fingerprint density at radius 1 is 1.07 bits per heavy atom. The van der Waals surface area contributed by atoms with Crippen molar-refractivity contribution >= 4 is 17.3 Å². The Morgan fingerprint density at radius 2 is 1.85 bits per heavy atom. The summed E-state index contributed by atoms with van der Waals surface area (Å²) in [7, 11) is 0. The summed E-state index contributed by atoms with van der Waals surface area (Å²) in [4.78, 5) is 6.81. The molecule has 1 aromatic carbocycles. The van der Waals surface area contributed by atoms with E-state index >= 15 is 0 Å². The average Bonchev–Trinajstić information content (AvgIpc) is 3.27. The Balaban J connectivity index is 1.82. The maximum absolute atomic E-state index is 9.62. The van der Waals surface area contributed by atoms with Crippen LogP contribution in [0.3, 0.4) is 0 Å². The van der Waals surface area contributed by atoms with E-state index in [1.165, 1.54) is 0 Å². The first kappa shape index (κ1) is 17.5. The van der Waals surface area contributed by atoms with Crippen LogP contribution in [-0.4, -0.2) is 30.7 Å². The zero-order valence-corrected chi connectivity index (χ0v) is 16.1. The lowest BCUT2D eigenvalue weighted by atomic mass is 10.0. The number of benzene rings is 1. The minimum atomic E-state index is -0.0353. The van der Waals surface area contributed by atoms with Crippen LogP contribution in [0.25, 0.3) is 5.69 Å². The van der Waals surface area contributed by atoms with Gasteiger partial charge < -0.3 is 19.9 Å². The molecule has 4 rings (SSSR count). The lowest BCUT2D eigenvalue weighted by Crippen LogP contribution is -2.36. The Hall–Kier alpha value is -2.86. The normalized spacial score (nSPS) is 19.5.